The number of hydrogen-bond donors (Lipinski definition) is 1. The molecule has 1 N–H and O–H groups in total. The fraction of sp³-hybridized carbons (Fsp3) is 0.417. The lowest BCUT2D eigenvalue weighted by atomic mass is 9.90. The van der Waals surface area contributed by atoms with E-state index in [0.717, 1.165) is 11.5 Å². The molecule has 0 saturated carbocycles. The Morgan fingerprint density at radius 3 is 2.57 bits per heavy atom. The van der Waals surface area contributed by atoms with E-state index in [9.17, 15) is 0 Å². The summed E-state index contributed by atoms with van der Waals surface area (Å²) in [5.74, 6) is 0.952. The first-order valence-electron chi connectivity index (χ1n) is 4.84. The Morgan fingerprint density at radius 1 is 1.43 bits per heavy atom. The molecule has 0 aromatic carbocycles. The minimum Gasteiger partial charge on any atom is -0.344 e. The summed E-state index contributed by atoms with van der Waals surface area (Å²) in [7, 11) is 0. The standard InChI is InChI=1S/C12H18N2/c1-6-8-11-10(7-2)12(4,5)14-9(3)13-11/h6-8H,1H2,2-5H3,(H,13,14)/b10-7+,11-8+. The maximum Gasteiger partial charge on any atom is 0.0986 e. The summed E-state index contributed by atoms with van der Waals surface area (Å²) in [5.41, 5.74) is 2.17. The molecule has 2 heteroatoms. The second-order valence-electron chi connectivity index (χ2n) is 3.90. The van der Waals surface area contributed by atoms with Crippen molar-refractivity contribution in [3.05, 3.63) is 36.1 Å². The molecule has 0 radical (unpaired) electrons. The Hall–Kier alpha value is -1.31. The molecule has 1 rings (SSSR count). The molecule has 76 valence electrons. The van der Waals surface area contributed by atoms with Crippen LogP contribution < -0.4 is 5.32 Å². The SMILES string of the molecule is C=C/C=C1/NC(C)=NC(C)(C)/C1=C/C. The van der Waals surface area contributed by atoms with Gasteiger partial charge in [-0.25, -0.2) is 0 Å². The molecule has 14 heavy (non-hydrogen) atoms. The molecule has 0 bridgehead atoms. The maximum atomic E-state index is 4.56. The summed E-state index contributed by atoms with van der Waals surface area (Å²) in [6, 6.07) is 0. The molecule has 0 saturated heterocycles. The number of aliphatic imine (C=N–C) groups is 1. The monoisotopic (exact) mass is 190 g/mol. The van der Waals surface area contributed by atoms with E-state index >= 15 is 0 Å². The third kappa shape index (κ3) is 1.95. The first-order chi connectivity index (χ1) is 6.51. The van der Waals surface area contributed by atoms with Gasteiger partial charge in [-0.3, -0.25) is 4.99 Å². The van der Waals surface area contributed by atoms with Gasteiger partial charge in [0.1, 0.15) is 0 Å². The van der Waals surface area contributed by atoms with E-state index in [2.05, 4.69) is 36.8 Å². The molecule has 0 aliphatic carbocycles. The average Bonchev–Trinajstić information content (AvgIpc) is 2.01. The maximum absolute atomic E-state index is 4.56. The number of rotatable bonds is 1. The molecule has 0 amide bonds. The Bertz CT molecular complexity index is 330. The third-order valence-electron chi connectivity index (χ3n) is 2.29. The highest BCUT2D eigenvalue weighted by Gasteiger charge is 2.28. The highest BCUT2D eigenvalue weighted by atomic mass is 15.1. The zero-order valence-electron chi connectivity index (χ0n) is 9.39. The molecular formula is C12H18N2. The average molecular weight is 190 g/mol. The molecule has 0 unspecified atom stereocenters. The molecule has 0 atom stereocenters. The van der Waals surface area contributed by atoms with Crippen LogP contribution >= 0.6 is 0 Å². The summed E-state index contributed by atoms with van der Waals surface area (Å²) in [4.78, 5) is 4.56. The molecule has 0 fully saturated rings. The van der Waals surface area contributed by atoms with Gasteiger partial charge in [-0.05, 0) is 39.3 Å². The normalized spacial score (nSPS) is 25.9. The van der Waals surface area contributed by atoms with Crippen LogP contribution in [0.2, 0.25) is 0 Å². The molecule has 0 aromatic rings. The highest BCUT2D eigenvalue weighted by molar-refractivity contribution is 5.85. The van der Waals surface area contributed by atoms with Crippen molar-refractivity contribution in [2.24, 2.45) is 4.99 Å². The number of allylic oxidation sites excluding steroid dienone is 3. The zero-order chi connectivity index (χ0) is 10.8. The fourth-order valence-corrected chi connectivity index (χ4v) is 1.86. The van der Waals surface area contributed by atoms with Crippen LogP contribution in [-0.4, -0.2) is 11.4 Å². The predicted molar refractivity (Wildman–Crippen MR) is 62.4 cm³/mol. The van der Waals surface area contributed by atoms with Crippen molar-refractivity contribution < 1.29 is 0 Å². The van der Waals surface area contributed by atoms with Crippen LogP contribution in [-0.2, 0) is 0 Å². The Kier molecular flexibility index (Phi) is 2.94. The second-order valence-corrected chi connectivity index (χ2v) is 3.90. The van der Waals surface area contributed by atoms with Gasteiger partial charge in [0.25, 0.3) is 0 Å². The van der Waals surface area contributed by atoms with E-state index < -0.39 is 0 Å². The lowest BCUT2D eigenvalue weighted by Crippen LogP contribution is -2.37. The molecule has 1 heterocycles. The second kappa shape index (κ2) is 3.82. The van der Waals surface area contributed by atoms with Crippen molar-refractivity contribution in [2.75, 3.05) is 0 Å². The molecular weight excluding hydrogens is 172 g/mol. The highest BCUT2D eigenvalue weighted by Crippen LogP contribution is 2.29. The van der Waals surface area contributed by atoms with E-state index in [0.29, 0.717) is 0 Å². The number of hydrogen-bond acceptors (Lipinski definition) is 2. The van der Waals surface area contributed by atoms with Crippen LogP contribution in [0, 0.1) is 0 Å². The lowest BCUT2D eigenvalue weighted by molar-refractivity contribution is 0.594. The molecule has 1 aliphatic heterocycles. The largest absolute Gasteiger partial charge is 0.344 e. The first kappa shape index (κ1) is 10.8. The Labute approximate surface area is 86.1 Å². The summed E-state index contributed by atoms with van der Waals surface area (Å²) in [6.45, 7) is 12.0. The van der Waals surface area contributed by atoms with Gasteiger partial charge in [0.05, 0.1) is 11.4 Å². The van der Waals surface area contributed by atoms with Crippen LogP contribution in [0.3, 0.4) is 0 Å². The number of amidine groups is 1. The molecule has 1 aliphatic rings. The van der Waals surface area contributed by atoms with Gasteiger partial charge in [0.2, 0.25) is 0 Å². The summed E-state index contributed by atoms with van der Waals surface area (Å²) in [5, 5.41) is 3.25. The van der Waals surface area contributed by atoms with Crippen LogP contribution in [0.25, 0.3) is 0 Å². The van der Waals surface area contributed by atoms with Crippen LogP contribution in [0.4, 0.5) is 0 Å². The summed E-state index contributed by atoms with van der Waals surface area (Å²) < 4.78 is 0. The fourth-order valence-electron chi connectivity index (χ4n) is 1.86. The van der Waals surface area contributed by atoms with Crippen LogP contribution in [0.5, 0.6) is 0 Å². The van der Waals surface area contributed by atoms with Crippen LogP contribution in [0.15, 0.2) is 41.1 Å². The van der Waals surface area contributed by atoms with Gasteiger partial charge in [-0.2, -0.15) is 0 Å². The van der Waals surface area contributed by atoms with Crippen LogP contribution in [0.1, 0.15) is 27.7 Å². The van der Waals surface area contributed by atoms with Crippen molar-refractivity contribution >= 4 is 5.84 Å². The zero-order valence-corrected chi connectivity index (χ0v) is 9.39. The summed E-state index contributed by atoms with van der Waals surface area (Å²) >= 11 is 0. The van der Waals surface area contributed by atoms with Crippen molar-refractivity contribution in [3.8, 4) is 0 Å². The van der Waals surface area contributed by atoms with Crippen molar-refractivity contribution in [3.63, 3.8) is 0 Å². The minimum atomic E-state index is -0.140. The van der Waals surface area contributed by atoms with E-state index in [1.54, 1.807) is 6.08 Å². The first-order valence-corrected chi connectivity index (χ1v) is 4.84. The molecule has 0 aromatic heterocycles. The van der Waals surface area contributed by atoms with Gasteiger partial charge in [0, 0.05) is 5.70 Å². The molecule has 2 nitrogen and oxygen atoms in total. The van der Waals surface area contributed by atoms with Gasteiger partial charge in [-0.15, -0.1) is 0 Å². The topological polar surface area (TPSA) is 24.4 Å². The minimum absolute atomic E-state index is 0.140. The van der Waals surface area contributed by atoms with E-state index in [4.69, 9.17) is 0 Å². The number of nitrogens with one attached hydrogen (secondary N) is 1. The van der Waals surface area contributed by atoms with E-state index in [-0.39, 0.29) is 5.54 Å². The third-order valence-corrected chi connectivity index (χ3v) is 2.29. The predicted octanol–water partition coefficient (Wildman–Crippen LogP) is 2.80. The van der Waals surface area contributed by atoms with Gasteiger partial charge < -0.3 is 5.32 Å². The molecule has 0 spiro atoms. The Morgan fingerprint density at radius 2 is 2.07 bits per heavy atom. The quantitative estimate of drug-likeness (QED) is 0.675. The lowest BCUT2D eigenvalue weighted by Gasteiger charge is -2.32. The number of nitrogens with zero attached hydrogens (tertiary/aromatic N) is 1. The Balaban J connectivity index is 3.22. The summed E-state index contributed by atoms with van der Waals surface area (Å²) in [6.07, 6.45) is 5.87. The van der Waals surface area contributed by atoms with Gasteiger partial charge in [0.15, 0.2) is 0 Å². The van der Waals surface area contributed by atoms with Crippen molar-refractivity contribution in [1.29, 1.82) is 0 Å². The van der Waals surface area contributed by atoms with Gasteiger partial charge >= 0.3 is 0 Å². The van der Waals surface area contributed by atoms with Crippen molar-refractivity contribution in [2.45, 2.75) is 33.2 Å². The van der Waals surface area contributed by atoms with E-state index in [1.807, 2.05) is 19.9 Å². The van der Waals surface area contributed by atoms with Crippen molar-refractivity contribution in [1.82, 2.24) is 5.32 Å². The van der Waals surface area contributed by atoms with Gasteiger partial charge in [-0.1, -0.05) is 18.7 Å². The smallest absolute Gasteiger partial charge is 0.0986 e. The van der Waals surface area contributed by atoms with E-state index in [1.165, 1.54) is 5.57 Å².